The lowest BCUT2D eigenvalue weighted by Crippen LogP contribution is -2.38. The third-order valence-electron chi connectivity index (χ3n) is 3.89. The molecule has 3 atom stereocenters. The molecule has 1 aliphatic heterocycles. The average molecular weight is 244 g/mol. The van der Waals surface area contributed by atoms with Crippen LogP contribution in [0.1, 0.15) is 31.4 Å². The van der Waals surface area contributed by atoms with Crippen molar-refractivity contribution in [3.63, 3.8) is 0 Å². The molecule has 0 bridgehead atoms. The van der Waals surface area contributed by atoms with Crippen LogP contribution in [0.2, 0.25) is 0 Å². The Balaban J connectivity index is 1.69. The van der Waals surface area contributed by atoms with Crippen molar-refractivity contribution in [2.24, 2.45) is 5.92 Å². The van der Waals surface area contributed by atoms with Gasteiger partial charge in [0.25, 0.3) is 0 Å². The smallest absolute Gasteiger partial charge is 0.163 e. The molecule has 1 saturated heterocycles. The van der Waals surface area contributed by atoms with Crippen LogP contribution >= 0.6 is 0 Å². The number of nitrogens with one attached hydrogen (secondary N) is 1. The van der Waals surface area contributed by atoms with Gasteiger partial charge in [-0.15, -0.1) is 10.2 Å². The molecule has 1 aromatic heterocycles. The Morgan fingerprint density at radius 1 is 1.28 bits per heavy atom. The van der Waals surface area contributed by atoms with Crippen LogP contribution in [0.15, 0.2) is 12.1 Å². The maximum atomic E-state index is 8.68. The normalized spacial score (nSPS) is 30.5. The Morgan fingerprint density at radius 2 is 2.22 bits per heavy atom. The molecule has 18 heavy (non-hydrogen) atoms. The topological polar surface area (TPSA) is 70.8 Å². The number of hydrogen-bond donors (Lipinski definition) is 1. The van der Waals surface area contributed by atoms with Gasteiger partial charge in [0.1, 0.15) is 11.9 Å². The molecule has 0 amide bonds. The summed E-state index contributed by atoms with van der Waals surface area (Å²) < 4.78 is 5.74. The molecule has 0 radical (unpaired) electrons. The SMILES string of the molecule is N#Cc1ccc(NC2CCCC3OCCC23)nn1. The number of nitrogens with zero attached hydrogens (tertiary/aromatic N) is 3. The van der Waals surface area contributed by atoms with E-state index in [1.54, 1.807) is 6.07 Å². The van der Waals surface area contributed by atoms with E-state index in [9.17, 15) is 0 Å². The summed E-state index contributed by atoms with van der Waals surface area (Å²) in [4.78, 5) is 0. The number of anilines is 1. The summed E-state index contributed by atoms with van der Waals surface area (Å²) in [5.74, 6) is 1.35. The Bertz CT molecular complexity index is 453. The van der Waals surface area contributed by atoms with Crippen molar-refractivity contribution in [3.05, 3.63) is 17.8 Å². The largest absolute Gasteiger partial charge is 0.378 e. The molecule has 3 unspecified atom stereocenters. The molecular weight excluding hydrogens is 228 g/mol. The molecule has 2 fully saturated rings. The van der Waals surface area contributed by atoms with Gasteiger partial charge in [-0.05, 0) is 37.8 Å². The monoisotopic (exact) mass is 244 g/mol. The van der Waals surface area contributed by atoms with E-state index in [0.717, 1.165) is 25.3 Å². The van der Waals surface area contributed by atoms with Crippen molar-refractivity contribution in [1.82, 2.24) is 10.2 Å². The van der Waals surface area contributed by atoms with Crippen molar-refractivity contribution >= 4 is 5.82 Å². The Morgan fingerprint density at radius 3 is 3.00 bits per heavy atom. The molecule has 0 aromatic carbocycles. The van der Waals surface area contributed by atoms with Crippen molar-refractivity contribution in [1.29, 1.82) is 5.26 Å². The second kappa shape index (κ2) is 4.91. The number of ether oxygens (including phenoxy) is 1. The molecule has 2 aliphatic rings. The standard InChI is InChI=1S/C13H16N4O/c14-8-9-4-5-13(17-16-9)15-11-2-1-3-12-10(11)6-7-18-12/h4-5,10-12H,1-3,6-7H2,(H,15,17). The molecule has 1 N–H and O–H groups in total. The van der Waals surface area contributed by atoms with E-state index >= 15 is 0 Å². The predicted molar refractivity (Wildman–Crippen MR) is 65.9 cm³/mol. The second-order valence-corrected chi connectivity index (χ2v) is 4.96. The van der Waals surface area contributed by atoms with E-state index in [1.807, 2.05) is 12.1 Å². The Labute approximate surface area is 106 Å². The van der Waals surface area contributed by atoms with E-state index in [1.165, 1.54) is 12.8 Å². The fraction of sp³-hybridized carbons (Fsp3) is 0.615. The molecule has 5 heteroatoms. The van der Waals surface area contributed by atoms with Crippen molar-refractivity contribution in [3.8, 4) is 6.07 Å². The summed E-state index contributed by atoms with van der Waals surface area (Å²) in [5, 5.41) is 20.0. The summed E-state index contributed by atoms with van der Waals surface area (Å²) in [6.07, 6.45) is 5.09. The number of fused-ring (bicyclic) bond motifs is 1. The second-order valence-electron chi connectivity index (χ2n) is 4.96. The van der Waals surface area contributed by atoms with Gasteiger partial charge in [-0.2, -0.15) is 5.26 Å². The van der Waals surface area contributed by atoms with Gasteiger partial charge in [0, 0.05) is 18.6 Å². The van der Waals surface area contributed by atoms with Crippen LogP contribution in [0, 0.1) is 17.2 Å². The van der Waals surface area contributed by atoms with Crippen molar-refractivity contribution in [2.75, 3.05) is 11.9 Å². The molecule has 2 heterocycles. The van der Waals surface area contributed by atoms with Gasteiger partial charge in [0.05, 0.1) is 6.10 Å². The van der Waals surface area contributed by atoms with Gasteiger partial charge >= 0.3 is 0 Å². The van der Waals surface area contributed by atoms with Crippen molar-refractivity contribution < 1.29 is 4.74 Å². The number of hydrogen-bond acceptors (Lipinski definition) is 5. The minimum absolute atomic E-state index is 0.353. The van der Waals surface area contributed by atoms with Gasteiger partial charge in [-0.1, -0.05) is 0 Å². The minimum Gasteiger partial charge on any atom is -0.378 e. The third kappa shape index (κ3) is 2.16. The summed E-state index contributed by atoms with van der Waals surface area (Å²) in [6, 6.07) is 5.92. The number of rotatable bonds is 2. The quantitative estimate of drug-likeness (QED) is 0.857. The predicted octanol–water partition coefficient (Wildman–Crippen LogP) is 1.72. The van der Waals surface area contributed by atoms with Crippen LogP contribution in [0.3, 0.4) is 0 Å². The number of nitriles is 1. The summed E-state index contributed by atoms with van der Waals surface area (Å²) in [5.41, 5.74) is 0.353. The number of aromatic nitrogens is 2. The van der Waals surface area contributed by atoms with Crippen LogP contribution in [0.25, 0.3) is 0 Å². The fourth-order valence-corrected chi connectivity index (χ4v) is 3.01. The van der Waals surface area contributed by atoms with Crippen LogP contribution in [0.5, 0.6) is 0 Å². The average Bonchev–Trinajstić information content (AvgIpc) is 2.89. The van der Waals surface area contributed by atoms with Gasteiger partial charge in [0.2, 0.25) is 0 Å². The molecule has 94 valence electrons. The highest BCUT2D eigenvalue weighted by atomic mass is 16.5. The minimum atomic E-state index is 0.353. The zero-order valence-corrected chi connectivity index (χ0v) is 10.2. The molecule has 5 nitrogen and oxygen atoms in total. The third-order valence-corrected chi connectivity index (χ3v) is 3.89. The van der Waals surface area contributed by atoms with Gasteiger partial charge < -0.3 is 10.1 Å². The fourth-order valence-electron chi connectivity index (χ4n) is 3.01. The zero-order valence-electron chi connectivity index (χ0n) is 10.2. The maximum absolute atomic E-state index is 8.68. The molecule has 1 aliphatic carbocycles. The first-order valence-electron chi connectivity index (χ1n) is 6.49. The first-order valence-corrected chi connectivity index (χ1v) is 6.49. The van der Waals surface area contributed by atoms with E-state index in [2.05, 4.69) is 15.5 Å². The van der Waals surface area contributed by atoms with Gasteiger partial charge in [0.15, 0.2) is 5.69 Å². The zero-order chi connectivity index (χ0) is 12.4. The van der Waals surface area contributed by atoms with E-state index in [-0.39, 0.29) is 0 Å². The summed E-state index contributed by atoms with van der Waals surface area (Å²) in [7, 11) is 0. The van der Waals surface area contributed by atoms with Crippen LogP contribution in [0.4, 0.5) is 5.82 Å². The van der Waals surface area contributed by atoms with E-state index in [4.69, 9.17) is 10.00 Å². The maximum Gasteiger partial charge on any atom is 0.163 e. The lowest BCUT2D eigenvalue weighted by atomic mass is 9.82. The molecule has 1 saturated carbocycles. The molecule has 3 rings (SSSR count). The Hall–Kier alpha value is -1.67. The first kappa shape index (κ1) is 11.4. The van der Waals surface area contributed by atoms with Crippen molar-refractivity contribution in [2.45, 2.75) is 37.8 Å². The lowest BCUT2D eigenvalue weighted by molar-refractivity contribution is 0.0619. The van der Waals surface area contributed by atoms with E-state index < -0.39 is 0 Å². The highest BCUT2D eigenvalue weighted by molar-refractivity contribution is 5.36. The van der Waals surface area contributed by atoms with Crippen LogP contribution in [-0.2, 0) is 4.74 Å². The highest BCUT2D eigenvalue weighted by Crippen LogP contribution is 2.35. The molecular formula is C13H16N4O. The van der Waals surface area contributed by atoms with Gasteiger partial charge in [-0.3, -0.25) is 0 Å². The Kier molecular flexibility index (Phi) is 3.11. The molecule has 1 aromatic rings. The van der Waals surface area contributed by atoms with Crippen LogP contribution in [-0.4, -0.2) is 29.0 Å². The summed E-state index contributed by atoms with van der Waals surface area (Å²) >= 11 is 0. The molecule has 0 spiro atoms. The van der Waals surface area contributed by atoms with Crippen LogP contribution < -0.4 is 5.32 Å². The van der Waals surface area contributed by atoms with E-state index in [0.29, 0.717) is 23.8 Å². The van der Waals surface area contributed by atoms with Gasteiger partial charge in [-0.25, -0.2) is 0 Å². The summed E-state index contributed by atoms with van der Waals surface area (Å²) in [6.45, 7) is 0.882. The first-order chi connectivity index (χ1) is 8.86. The highest BCUT2D eigenvalue weighted by Gasteiger charge is 2.37. The lowest BCUT2D eigenvalue weighted by Gasteiger charge is -2.33.